The number of amides is 1. The van der Waals surface area contributed by atoms with Crippen LogP contribution in [0.3, 0.4) is 0 Å². The van der Waals surface area contributed by atoms with Crippen molar-refractivity contribution < 1.29 is 13.2 Å². The number of hydrogen-bond donors (Lipinski definition) is 0. The molecule has 0 aromatic carbocycles. The normalized spacial score (nSPS) is 42.1. The molecule has 4 rings (SSSR count). The highest BCUT2D eigenvalue weighted by molar-refractivity contribution is 8.15. The monoisotopic (exact) mass is 353 g/mol. The van der Waals surface area contributed by atoms with Gasteiger partial charge in [0.25, 0.3) is 5.91 Å². The van der Waals surface area contributed by atoms with Crippen molar-refractivity contribution >= 4 is 32.7 Å². The molecule has 0 unspecified atom stereocenters. The quantitative estimate of drug-likeness (QED) is 0.740. The lowest BCUT2D eigenvalue weighted by Gasteiger charge is -2.36. The summed E-state index contributed by atoms with van der Waals surface area (Å²) in [5.74, 6) is 1.25. The molecule has 8 heteroatoms. The van der Waals surface area contributed by atoms with Gasteiger partial charge in [0, 0.05) is 11.3 Å². The third-order valence-corrected chi connectivity index (χ3v) is 8.84. The van der Waals surface area contributed by atoms with E-state index in [1.54, 1.807) is 0 Å². The molecule has 0 N–H and O–H groups in total. The number of aliphatic imine (C=N–C) groups is 1. The number of nitrogens with zero attached hydrogens (tertiary/aromatic N) is 3. The minimum absolute atomic E-state index is 0.0206. The van der Waals surface area contributed by atoms with Gasteiger partial charge in [0.15, 0.2) is 15.0 Å². The van der Waals surface area contributed by atoms with E-state index in [2.05, 4.69) is 9.89 Å². The molecule has 5 atom stereocenters. The molecule has 1 amide bonds. The lowest BCUT2D eigenvalue weighted by atomic mass is 9.93. The molecule has 6 nitrogen and oxygen atoms in total. The van der Waals surface area contributed by atoms with Crippen LogP contribution in [0.4, 0.5) is 0 Å². The zero-order chi connectivity index (χ0) is 16.2. The molecule has 2 heterocycles. The second kappa shape index (κ2) is 5.49. The maximum absolute atomic E-state index is 12.0. The number of carbonyl (C=O) groups excluding carboxylic acids is 1. The highest BCUT2D eigenvalue weighted by Crippen LogP contribution is 2.51. The van der Waals surface area contributed by atoms with Gasteiger partial charge >= 0.3 is 0 Å². The van der Waals surface area contributed by atoms with Crippen molar-refractivity contribution in [3.8, 4) is 6.07 Å². The van der Waals surface area contributed by atoms with E-state index >= 15 is 0 Å². The number of nitriles is 1. The van der Waals surface area contributed by atoms with Crippen LogP contribution in [0, 0.1) is 23.2 Å². The molecule has 4 fully saturated rings. The van der Waals surface area contributed by atoms with Gasteiger partial charge in [0.1, 0.15) is 6.42 Å². The molecule has 0 radical (unpaired) electrons. The van der Waals surface area contributed by atoms with E-state index in [-0.39, 0.29) is 29.2 Å². The average molecular weight is 353 g/mol. The maximum Gasteiger partial charge on any atom is 0.262 e. The molecule has 2 saturated carbocycles. The van der Waals surface area contributed by atoms with Crippen molar-refractivity contribution in [1.82, 2.24) is 4.90 Å². The largest absolute Gasteiger partial charge is 0.343 e. The fourth-order valence-corrected chi connectivity index (χ4v) is 8.73. The number of thioether (sulfide) groups is 1. The zero-order valence-electron chi connectivity index (χ0n) is 12.7. The summed E-state index contributed by atoms with van der Waals surface area (Å²) in [5, 5.41) is 9.30. The minimum Gasteiger partial charge on any atom is -0.343 e. The van der Waals surface area contributed by atoms with Crippen LogP contribution in [0.5, 0.6) is 0 Å². The third kappa shape index (κ3) is 2.68. The van der Waals surface area contributed by atoms with Crippen LogP contribution in [-0.4, -0.2) is 53.2 Å². The Hall–Kier alpha value is -1.07. The molecule has 2 aliphatic heterocycles. The number of rotatable bonds is 2. The van der Waals surface area contributed by atoms with E-state index in [4.69, 9.17) is 5.26 Å². The molecule has 2 bridgehead atoms. The van der Waals surface area contributed by atoms with Gasteiger partial charge in [-0.15, -0.1) is 0 Å². The van der Waals surface area contributed by atoms with Crippen molar-refractivity contribution in [2.45, 2.75) is 49.4 Å². The highest BCUT2D eigenvalue weighted by atomic mass is 32.2. The number of fused-ring (bicyclic) bond motifs is 3. The van der Waals surface area contributed by atoms with Crippen LogP contribution in [0.1, 0.15) is 32.1 Å². The first-order valence-corrected chi connectivity index (χ1v) is 10.8. The molecular formula is C15H19N3O3S2. The van der Waals surface area contributed by atoms with E-state index in [0.717, 1.165) is 12.3 Å². The fourth-order valence-electron chi connectivity index (χ4n) is 4.74. The van der Waals surface area contributed by atoms with Gasteiger partial charge in [-0.3, -0.25) is 4.79 Å². The molecular weight excluding hydrogens is 334 g/mol. The number of carbonyl (C=O) groups is 1. The van der Waals surface area contributed by atoms with E-state index in [0.29, 0.717) is 17.1 Å². The molecule has 0 spiro atoms. The predicted octanol–water partition coefficient (Wildman–Crippen LogP) is 1.19. The van der Waals surface area contributed by atoms with Crippen molar-refractivity contribution in [2.75, 3.05) is 11.5 Å². The topological polar surface area (TPSA) is 90.6 Å². The summed E-state index contributed by atoms with van der Waals surface area (Å²) in [4.78, 5) is 18.1. The van der Waals surface area contributed by atoms with E-state index in [9.17, 15) is 13.2 Å². The van der Waals surface area contributed by atoms with Crippen molar-refractivity contribution in [3.05, 3.63) is 0 Å². The molecule has 2 saturated heterocycles. The summed E-state index contributed by atoms with van der Waals surface area (Å²) in [6.45, 7) is 0. The summed E-state index contributed by atoms with van der Waals surface area (Å²) in [7, 11) is -3.00. The second-order valence-electron chi connectivity index (χ2n) is 7.07. The molecule has 124 valence electrons. The van der Waals surface area contributed by atoms with Crippen LogP contribution in [-0.2, 0) is 14.6 Å². The molecule has 0 aromatic rings. The van der Waals surface area contributed by atoms with E-state index < -0.39 is 15.7 Å². The van der Waals surface area contributed by atoms with Crippen LogP contribution < -0.4 is 0 Å². The Morgan fingerprint density at radius 1 is 1.30 bits per heavy atom. The van der Waals surface area contributed by atoms with Crippen LogP contribution in [0.25, 0.3) is 0 Å². The first-order chi connectivity index (χ1) is 11.0. The Morgan fingerprint density at radius 2 is 2.13 bits per heavy atom. The SMILES string of the molecule is N#CCC(=O)N=C1S[C@@H]2CS(=O)(=O)C[C@H]2N1[C@H]1C[C@H]2CC[C@H]1C2. The number of hydrogen-bond acceptors (Lipinski definition) is 5. The minimum atomic E-state index is -3.00. The second-order valence-corrected chi connectivity index (χ2v) is 10.4. The maximum atomic E-state index is 12.0. The lowest BCUT2D eigenvalue weighted by molar-refractivity contribution is -0.116. The first kappa shape index (κ1) is 15.5. The van der Waals surface area contributed by atoms with E-state index in [1.807, 2.05) is 6.07 Å². The number of amidine groups is 1. The van der Waals surface area contributed by atoms with Gasteiger partial charge in [-0.05, 0) is 31.1 Å². The molecule has 23 heavy (non-hydrogen) atoms. The van der Waals surface area contributed by atoms with Crippen LogP contribution in [0.2, 0.25) is 0 Å². The molecule has 0 aromatic heterocycles. The van der Waals surface area contributed by atoms with Crippen molar-refractivity contribution in [3.63, 3.8) is 0 Å². The van der Waals surface area contributed by atoms with Gasteiger partial charge < -0.3 is 4.90 Å². The van der Waals surface area contributed by atoms with E-state index in [1.165, 1.54) is 31.0 Å². The van der Waals surface area contributed by atoms with Gasteiger partial charge in [0.2, 0.25) is 0 Å². The van der Waals surface area contributed by atoms with Crippen LogP contribution >= 0.6 is 11.8 Å². The average Bonchev–Trinajstić information content (AvgIpc) is 3.18. The van der Waals surface area contributed by atoms with Gasteiger partial charge in [0.05, 0.1) is 23.6 Å². The standard InChI is InChI=1S/C15H19N3O3S2/c16-4-3-14(19)17-15-18(11-6-9-1-2-10(11)5-9)12-7-23(20,21)8-13(12)22-15/h9-13H,1-3,5-8H2/t9-,10-,11-,12+,13+/m0/s1. The smallest absolute Gasteiger partial charge is 0.262 e. The number of sulfone groups is 1. The molecule has 4 aliphatic rings. The van der Waals surface area contributed by atoms with Crippen molar-refractivity contribution in [2.24, 2.45) is 16.8 Å². The summed E-state index contributed by atoms with van der Waals surface area (Å²) in [6, 6.07) is 2.10. The predicted molar refractivity (Wildman–Crippen MR) is 87.6 cm³/mol. The van der Waals surface area contributed by atoms with Crippen LogP contribution in [0.15, 0.2) is 4.99 Å². The first-order valence-electron chi connectivity index (χ1n) is 8.11. The zero-order valence-corrected chi connectivity index (χ0v) is 14.4. The highest BCUT2D eigenvalue weighted by Gasteiger charge is 2.54. The van der Waals surface area contributed by atoms with Gasteiger partial charge in [-0.25, -0.2) is 8.42 Å². The van der Waals surface area contributed by atoms with Gasteiger partial charge in [-0.1, -0.05) is 18.2 Å². The fraction of sp³-hybridized carbons (Fsp3) is 0.800. The Kier molecular flexibility index (Phi) is 3.69. The molecule has 2 aliphatic carbocycles. The van der Waals surface area contributed by atoms with Crippen molar-refractivity contribution in [1.29, 1.82) is 5.26 Å². The Balaban J connectivity index is 1.64. The Labute approximate surface area is 140 Å². The Bertz CT molecular complexity index is 712. The summed E-state index contributed by atoms with van der Waals surface area (Å²) in [5.41, 5.74) is 0. The summed E-state index contributed by atoms with van der Waals surface area (Å²) < 4.78 is 24.0. The summed E-state index contributed by atoms with van der Waals surface area (Å²) in [6.07, 6.45) is 4.55. The van der Waals surface area contributed by atoms with Gasteiger partial charge in [-0.2, -0.15) is 10.3 Å². The Morgan fingerprint density at radius 3 is 2.78 bits per heavy atom. The lowest BCUT2D eigenvalue weighted by Crippen LogP contribution is -2.47. The summed E-state index contributed by atoms with van der Waals surface area (Å²) >= 11 is 1.43. The third-order valence-electron chi connectivity index (χ3n) is 5.62.